The lowest BCUT2D eigenvalue weighted by Crippen LogP contribution is -2.43. The summed E-state index contributed by atoms with van der Waals surface area (Å²) in [6.07, 6.45) is 5.38. The standard InChI is InChI=1S/C15H18O3/c1-17-14(16)13-11-7-3-4-8-12(11)18-15(13)9-5-2-6-10-15/h3-4,7-8,13H,2,5-6,9-10H2,1H3/t13-/m1/s1. The van der Waals surface area contributed by atoms with Crippen LogP contribution in [0, 0.1) is 0 Å². The van der Waals surface area contributed by atoms with Gasteiger partial charge in [0.2, 0.25) is 0 Å². The van der Waals surface area contributed by atoms with E-state index in [-0.39, 0.29) is 17.5 Å². The van der Waals surface area contributed by atoms with E-state index >= 15 is 0 Å². The molecule has 1 fully saturated rings. The van der Waals surface area contributed by atoms with Crippen molar-refractivity contribution in [2.75, 3.05) is 7.11 Å². The van der Waals surface area contributed by atoms with Crippen molar-refractivity contribution in [1.29, 1.82) is 0 Å². The summed E-state index contributed by atoms with van der Waals surface area (Å²) in [6.45, 7) is 0. The first-order chi connectivity index (χ1) is 8.77. The zero-order valence-electron chi connectivity index (χ0n) is 10.6. The van der Waals surface area contributed by atoms with Crippen molar-refractivity contribution in [3.63, 3.8) is 0 Å². The van der Waals surface area contributed by atoms with Crippen molar-refractivity contribution >= 4 is 5.97 Å². The number of hydrogen-bond acceptors (Lipinski definition) is 3. The van der Waals surface area contributed by atoms with E-state index in [0.29, 0.717) is 0 Å². The Morgan fingerprint density at radius 1 is 1.28 bits per heavy atom. The van der Waals surface area contributed by atoms with Crippen LogP contribution in [0.3, 0.4) is 0 Å². The molecule has 0 saturated heterocycles. The fraction of sp³-hybridized carbons (Fsp3) is 0.533. The van der Waals surface area contributed by atoms with E-state index in [1.54, 1.807) is 0 Å². The minimum Gasteiger partial charge on any atom is -0.486 e. The molecule has 1 spiro atoms. The van der Waals surface area contributed by atoms with Crippen LogP contribution < -0.4 is 4.74 Å². The van der Waals surface area contributed by atoms with Gasteiger partial charge in [-0.3, -0.25) is 4.79 Å². The maximum absolute atomic E-state index is 12.1. The van der Waals surface area contributed by atoms with E-state index in [9.17, 15) is 4.79 Å². The number of hydrogen-bond donors (Lipinski definition) is 0. The summed E-state index contributed by atoms with van der Waals surface area (Å²) in [5.74, 6) is 0.440. The van der Waals surface area contributed by atoms with E-state index in [0.717, 1.165) is 37.0 Å². The SMILES string of the molecule is COC(=O)[C@H]1c2ccccc2OC12CCCCC2. The van der Waals surface area contributed by atoms with Crippen LogP contribution in [0.4, 0.5) is 0 Å². The number of fused-ring (bicyclic) bond motifs is 1. The van der Waals surface area contributed by atoms with Gasteiger partial charge >= 0.3 is 5.97 Å². The van der Waals surface area contributed by atoms with Crippen LogP contribution in [0.2, 0.25) is 0 Å². The summed E-state index contributed by atoms with van der Waals surface area (Å²) in [4.78, 5) is 12.1. The smallest absolute Gasteiger partial charge is 0.317 e. The molecule has 1 saturated carbocycles. The van der Waals surface area contributed by atoms with E-state index in [2.05, 4.69) is 0 Å². The Labute approximate surface area is 107 Å². The number of benzene rings is 1. The molecule has 0 radical (unpaired) electrons. The molecule has 0 N–H and O–H groups in total. The summed E-state index contributed by atoms with van der Waals surface area (Å²) in [6, 6.07) is 7.85. The average Bonchev–Trinajstić information content (AvgIpc) is 2.72. The van der Waals surface area contributed by atoms with Crippen molar-refractivity contribution in [3.05, 3.63) is 29.8 Å². The van der Waals surface area contributed by atoms with Gasteiger partial charge < -0.3 is 9.47 Å². The van der Waals surface area contributed by atoms with E-state index in [4.69, 9.17) is 9.47 Å². The number of methoxy groups -OCH3 is 1. The minimum atomic E-state index is -0.352. The first-order valence-corrected chi connectivity index (χ1v) is 6.63. The first kappa shape index (κ1) is 11.6. The Morgan fingerprint density at radius 3 is 2.72 bits per heavy atom. The van der Waals surface area contributed by atoms with Crippen molar-refractivity contribution in [1.82, 2.24) is 0 Å². The second-order valence-corrected chi connectivity index (χ2v) is 5.22. The van der Waals surface area contributed by atoms with Crippen LogP contribution in [-0.2, 0) is 9.53 Å². The van der Waals surface area contributed by atoms with Gasteiger partial charge in [-0.1, -0.05) is 24.6 Å². The van der Waals surface area contributed by atoms with Gasteiger partial charge in [-0.05, 0) is 31.7 Å². The van der Waals surface area contributed by atoms with Gasteiger partial charge in [-0.25, -0.2) is 0 Å². The molecule has 3 rings (SSSR count). The van der Waals surface area contributed by atoms with E-state index in [1.807, 2.05) is 24.3 Å². The average molecular weight is 246 g/mol. The second-order valence-electron chi connectivity index (χ2n) is 5.22. The molecule has 3 heteroatoms. The van der Waals surface area contributed by atoms with Crippen LogP contribution in [0.5, 0.6) is 5.75 Å². The highest BCUT2D eigenvalue weighted by atomic mass is 16.5. The van der Waals surface area contributed by atoms with Crippen molar-refractivity contribution in [2.45, 2.75) is 43.6 Å². The van der Waals surface area contributed by atoms with Gasteiger partial charge in [-0.2, -0.15) is 0 Å². The molecule has 1 aliphatic carbocycles. The maximum Gasteiger partial charge on any atom is 0.317 e. The van der Waals surface area contributed by atoms with E-state index < -0.39 is 0 Å². The Kier molecular flexibility index (Phi) is 2.77. The highest BCUT2D eigenvalue weighted by Crippen LogP contribution is 2.51. The lowest BCUT2D eigenvalue weighted by Gasteiger charge is -2.36. The Bertz CT molecular complexity index is 461. The topological polar surface area (TPSA) is 35.5 Å². The zero-order chi connectivity index (χ0) is 12.6. The lowest BCUT2D eigenvalue weighted by molar-refractivity contribution is -0.147. The fourth-order valence-electron chi connectivity index (χ4n) is 3.37. The fourth-order valence-corrected chi connectivity index (χ4v) is 3.37. The van der Waals surface area contributed by atoms with E-state index in [1.165, 1.54) is 13.5 Å². The molecule has 0 bridgehead atoms. The first-order valence-electron chi connectivity index (χ1n) is 6.63. The molecule has 0 amide bonds. The van der Waals surface area contributed by atoms with Gasteiger partial charge in [-0.15, -0.1) is 0 Å². The number of carbonyl (C=O) groups excluding carboxylic acids is 1. The number of rotatable bonds is 1. The summed E-state index contributed by atoms with van der Waals surface area (Å²) in [5.41, 5.74) is 0.640. The molecule has 3 nitrogen and oxygen atoms in total. The molecule has 18 heavy (non-hydrogen) atoms. The summed E-state index contributed by atoms with van der Waals surface area (Å²) < 4.78 is 11.2. The highest BCUT2D eigenvalue weighted by molar-refractivity contribution is 5.82. The molecule has 0 unspecified atom stereocenters. The summed E-state index contributed by atoms with van der Waals surface area (Å²) >= 11 is 0. The van der Waals surface area contributed by atoms with Crippen LogP contribution in [-0.4, -0.2) is 18.7 Å². The number of ether oxygens (including phenoxy) is 2. The Balaban J connectivity index is 2.04. The van der Waals surface area contributed by atoms with Crippen molar-refractivity contribution in [3.8, 4) is 5.75 Å². The third kappa shape index (κ3) is 1.61. The van der Waals surface area contributed by atoms with Crippen LogP contribution in [0.15, 0.2) is 24.3 Å². The summed E-state index contributed by atoms with van der Waals surface area (Å²) in [5, 5.41) is 0. The van der Waals surface area contributed by atoms with Crippen LogP contribution >= 0.6 is 0 Å². The molecular weight excluding hydrogens is 228 g/mol. The highest BCUT2D eigenvalue weighted by Gasteiger charge is 2.52. The molecule has 1 aromatic rings. The normalized spacial score (nSPS) is 24.4. The van der Waals surface area contributed by atoms with Gasteiger partial charge in [0, 0.05) is 5.56 Å². The monoisotopic (exact) mass is 246 g/mol. The summed E-state index contributed by atoms with van der Waals surface area (Å²) in [7, 11) is 1.46. The lowest BCUT2D eigenvalue weighted by atomic mass is 9.74. The molecular formula is C15H18O3. The number of carbonyl (C=O) groups is 1. The Hall–Kier alpha value is -1.51. The molecule has 1 aliphatic heterocycles. The largest absolute Gasteiger partial charge is 0.486 e. The Morgan fingerprint density at radius 2 is 2.00 bits per heavy atom. The molecule has 1 heterocycles. The quantitative estimate of drug-likeness (QED) is 0.714. The molecule has 1 aromatic carbocycles. The minimum absolute atomic E-state index is 0.165. The van der Waals surface area contributed by atoms with Crippen LogP contribution in [0.25, 0.3) is 0 Å². The van der Waals surface area contributed by atoms with Gasteiger partial charge in [0.25, 0.3) is 0 Å². The second kappa shape index (κ2) is 4.30. The third-order valence-corrected chi connectivity index (χ3v) is 4.21. The molecule has 1 atom stereocenters. The number of para-hydroxylation sites is 1. The third-order valence-electron chi connectivity index (χ3n) is 4.21. The van der Waals surface area contributed by atoms with Gasteiger partial charge in [0.05, 0.1) is 7.11 Å². The zero-order valence-corrected chi connectivity index (χ0v) is 10.6. The molecule has 2 aliphatic rings. The van der Waals surface area contributed by atoms with Gasteiger partial charge in [0.1, 0.15) is 17.3 Å². The number of esters is 1. The molecule has 96 valence electrons. The maximum atomic E-state index is 12.1. The predicted molar refractivity (Wildman–Crippen MR) is 67.6 cm³/mol. The van der Waals surface area contributed by atoms with Crippen molar-refractivity contribution in [2.24, 2.45) is 0 Å². The predicted octanol–water partition coefficient (Wildman–Crippen LogP) is 3.04. The van der Waals surface area contributed by atoms with Crippen LogP contribution in [0.1, 0.15) is 43.6 Å². The molecule has 0 aromatic heterocycles. The van der Waals surface area contributed by atoms with Gasteiger partial charge in [0.15, 0.2) is 0 Å². The van der Waals surface area contributed by atoms with Crippen molar-refractivity contribution < 1.29 is 14.3 Å².